The van der Waals surface area contributed by atoms with E-state index in [1.54, 1.807) is 0 Å². The minimum absolute atomic E-state index is 0.0146. The van der Waals surface area contributed by atoms with Gasteiger partial charge in [-0.1, -0.05) is 270 Å². The lowest BCUT2D eigenvalue weighted by atomic mass is 10.0. The van der Waals surface area contributed by atoms with Gasteiger partial charge in [-0.2, -0.15) is 0 Å². The summed E-state index contributed by atoms with van der Waals surface area (Å²) in [6.07, 6.45) is 61.9. The summed E-state index contributed by atoms with van der Waals surface area (Å²) in [6, 6.07) is -0.792. The van der Waals surface area contributed by atoms with Crippen LogP contribution in [0.1, 0.15) is 303 Å². The number of carbonyl (C=O) groups excluding carboxylic acids is 1. The fourth-order valence-electron chi connectivity index (χ4n) is 9.10. The molecule has 67 heavy (non-hydrogen) atoms. The highest BCUT2D eigenvalue weighted by Crippen LogP contribution is 2.38. The molecule has 0 saturated heterocycles. The first-order valence-electron chi connectivity index (χ1n) is 29.5. The highest BCUT2D eigenvalue weighted by Gasteiger charge is 2.24. The second-order valence-electron chi connectivity index (χ2n) is 21.7. The Bertz CT molecular complexity index is 1100. The zero-order valence-corrected chi connectivity index (χ0v) is 46.5. The van der Waals surface area contributed by atoms with Gasteiger partial charge in [-0.15, -0.1) is 0 Å². The molecule has 0 aliphatic heterocycles. The number of hydrogen-bond donors (Lipinski definition) is 2. The van der Waals surface area contributed by atoms with E-state index in [9.17, 15) is 19.4 Å². The maximum Gasteiger partial charge on any atom is 0.268 e. The van der Waals surface area contributed by atoms with Crippen LogP contribution in [-0.2, 0) is 18.4 Å². The number of unbranched alkanes of at least 4 members (excludes halogenated alkanes) is 40. The quantitative estimate of drug-likeness (QED) is 0.0272. The summed E-state index contributed by atoms with van der Waals surface area (Å²) in [5.74, 6) is -0.164. The average molecular weight is 970 g/mol. The van der Waals surface area contributed by atoms with Crippen LogP contribution >= 0.6 is 7.82 Å². The second-order valence-corrected chi connectivity index (χ2v) is 23.1. The van der Waals surface area contributed by atoms with E-state index in [2.05, 4.69) is 31.3 Å². The lowest BCUT2D eigenvalue weighted by molar-refractivity contribution is -0.870. The van der Waals surface area contributed by atoms with Crippen LogP contribution in [-0.4, -0.2) is 68.5 Å². The van der Waals surface area contributed by atoms with E-state index < -0.39 is 20.0 Å². The summed E-state index contributed by atoms with van der Waals surface area (Å²) in [5, 5.41) is 13.8. The van der Waals surface area contributed by atoms with Crippen molar-refractivity contribution >= 4 is 13.7 Å². The summed E-state index contributed by atoms with van der Waals surface area (Å²) in [4.78, 5) is 25.3. The van der Waals surface area contributed by atoms with Crippen molar-refractivity contribution in [3.05, 3.63) is 12.2 Å². The second kappa shape index (κ2) is 50.2. The average Bonchev–Trinajstić information content (AvgIpc) is 3.29. The monoisotopic (exact) mass is 969 g/mol. The van der Waals surface area contributed by atoms with Crippen LogP contribution in [0.3, 0.4) is 0 Å². The van der Waals surface area contributed by atoms with Gasteiger partial charge >= 0.3 is 0 Å². The third kappa shape index (κ3) is 52.9. The molecule has 0 bridgehead atoms. The molecule has 1 amide bonds. The molecule has 2 N–H and O–H groups in total. The number of aliphatic hydroxyl groups excluding tert-OH is 1. The molecule has 0 aromatic rings. The number of nitrogens with one attached hydrogen (secondary N) is 1. The van der Waals surface area contributed by atoms with Crippen LogP contribution in [0.2, 0.25) is 0 Å². The van der Waals surface area contributed by atoms with Crippen LogP contribution in [0, 0.1) is 0 Å². The highest BCUT2D eigenvalue weighted by atomic mass is 31.2. The molecule has 0 aliphatic rings. The number of allylic oxidation sites excluding steroid dienone is 2. The van der Waals surface area contributed by atoms with E-state index in [1.807, 2.05) is 21.1 Å². The smallest absolute Gasteiger partial charge is 0.268 e. The Balaban J connectivity index is 3.66. The Morgan fingerprint density at radius 3 is 1.16 bits per heavy atom. The molecule has 0 aromatic carbocycles. The van der Waals surface area contributed by atoms with Crippen molar-refractivity contribution in [2.24, 2.45) is 0 Å². The molecule has 3 atom stereocenters. The normalized spacial score (nSPS) is 14.0. The van der Waals surface area contributed by atoms with Crippen LogP contribution in [0.25, 0.3) is 0 Å². The number of nitrogens with zero attached hydrogens (tertiary/aromatic N) is 1. The van der Waals surface area contributed by atoms with E-state index in [4.69, 9.17) is 9.05 Å². The summed E-state index contributed by atoms with van der Waals surface area (Å²) >= 11 is 0. The maximum atomic E-state index is 12.8. The number of aliphatic hydroxyl groups is 1. The fourth-order valence-corrected chi connectivity index (χ4v) is 9.82. The first-order chi connectivity index (χ1) is 32.5. The lowest BCUT2D eigenvalue weighted by Gasteiger charge is -2.30. The molecule has 0 rings (SSSR count). The number of amides is 1. The van der Waals surface area contributed by atoms with Gasteiger partial charge in [0.2, 0.25) is 5.91 Å². The van der Waals surface area contributed by atoms with Gasteiger partial charge in [0.15, 0.2) is 0 Å². The molecule has 400 valence electrons. The van der Waals surface area contributed by atoms with Crippen molar-refractivity contribution in [3.8, 4) is 0 Å². The predicted molar refractivity (Wildman–Crippen MR) is 289 cm³/mol. The molecular formula is C58H117N2O6P. The Morgan fingerprint density at radius 1 is 0.507 bits per heavy atom. The number of phosphoric ester groups is 1. The summed E-state index contributed by atoms with van der Waals surface area (Å²) in [7, 11) is 1.31. The molecule has 0 radical (unpaired) electrons. The third-order valence-corrected chi connectivity index (χ3v) is 14.7. The van der Waals surface area contributed by atoms with Crippen molar-refractivity contribution in [1.29, 1.82) is 0 Å². The molecule has 0 saturated carbocycles. The number of quaternary nitrogens is 1. The Morgan fingerprint density at radius 2 is 0.821 bits per heavy atom. The van der Waals surface area contributed by atoms with E-state index >= 15 is 0 Å². The molecule has 0 aromatic heterocycles. The first-order valence-corrected chi connectivity index (χ1v) is 31.0. The fraction of sp³-hybridized carbons (Fsp3) is 0.948. The predicted octanol–water partition coefficient (Wildman–Crippen LogP) is 17.2. The van der Waals surface area contributed by atoms with Crippen LogP contribution in [0.15, 0.2) is 12.2 Å². The Hall–Kier alpha value is -0.760. The van der Waals surface area contributed by atoms with E-state index in [1.165, 1.54) is 238 Å². The molecule has 9 heteroatoms. The van der Waals surface area contributed by atoms with E-state index in [0.717, 1.165) is 38.5 Å². The Labute approximate surface area is 418 Å². The van der Waals surface area contributed by atoms with Crippen molar-refractivity contribution < 1.29 is 32.9 Å². The van der Waals surface area contributed by atoms with Crippen LogP contribution < -0.4 is 10.2 Å². The molecule has 3 unspecified atom stereocenters. The van der Waals surface area contributed by atoms with Gasteiger partial charge in [0, 0.05) is 6.42 Å². The minimum atomic E-state index is -4.55. The van der Waals surface area contributed by atoms with E-state index in [0.29, 0.717) is 23.9 Å². The largest absolute Gasteiger partial charge is 0.756 e. The molecule has 0 fully saturated rings. The minimum Gasteiger partial charge on any atom is -0.756 e. The SMILES string of the molecule is CCCCCCCCCC/C=C\CCCCCCCCCCCCCCCCCCCCCCCCCCCCCC(=O)NC(COP(=O)([O-])OCC[N+](C)(C)C)C(O)CCCCCCCC. The molecule has 0 heterocycles. The standard InChI is InChI=1S/C58H117N2O6P/c1-6-8-10-12-14-15-16-17-18-19-20-21-22-23-24-25-26-27-28-29-30-31-32-33-34-35-36-37-38-39-40-41-42-43-44-45-46-48-50-52-58(62)59-56(57(61)51-49-47-13-11-9-7-2)55-66-67(63,64)65-54-53-60(3,4)5/h19-20,56-57,61H,6-18,21-55H2,1-5H3,(H-,59,62,63,64)/b20-19-. The van der Waals surface area contributed by atoms with Gasteiger partial charge in [0.05, 0.1) is 39.9 Å². The molecule has 0 aliphatic carbocycles. The van der Waals surface area contributed by atoms with Gasteiger partial charge in [0.25, 0.3) is 7.82 Å². The highest BCUT2D eigenvalue weighted by molar-refractivity contribution is 7.45. The number of likely N-dealkylation sites (N-methyl/N-ethyl adjacent to an activating group) is 1. The lowest BCUT2D eigenvalue weighted by Crippen LogP contribution is -2.46. The number of carbonyl (C=O) groups is 1. The van der Waals surface area contributed by atoms with Gasteiger partial charge in [0.1, 0.15) is 13.2 Å². The third-order valence-electron chi connectivity index (χ3n) is 13.8. The number of hydrogen-bond acceptors (Lipinski definition) is 6. The van der Waals surface area contributed by atoms with Crippen molar-refractivity contribution in [3.63, 3.8) is 0 Å². The molecule has 8 nitrogen and oxygen atoms in total. The number of phosphoric acid groups is 1. The Kier molecular flexibility index (Phi) is 49.6. The van der Waals surface area contributed by atoms with Crippen molar-refractivity contribution in [2.45, 2.75) is 315 Å². The topological polar surface area (TPSA) is 108 Å². The van der Waals surface area contributed by atoms with Gasteiger partial charge < -0.3 is 28.8 Å². The van der Waals surface area contributed by atoms with Crippen molar-refractivity contribution in [1.82, 2.24) is 5.32 Å². The first kappa shape index (κ1) is 66.2. The van der Waals surface area contributed by atoms with Crippen molar-refractivity contribution in [2.75, 3.05) is 40.9 Å². The maximum absolute atomic E-state index is 12.8. The van der Waals surface area contributed by atoms with Gasteiger partial charge in [-0.25, -0.2) is 0 Å². The summed E-state index contributed by atoms with van der Waals surface area (Å²) < 4.78 is 23.2. The van der Waals surface area contributed by atoms with Crippen LogP contribution in [0.5, 0.6) is 0 Å². The van der Waals surface area contributed by atoms with E-state index in [-0.39, 0.29) is 19.1 Å². The zero-order chi connectivity index (χ0) is 49.2. The summed E-state index contributed by atoms with van der Waals surface area (Å²) in [6.45, 7) is 4.68. The zero-order valence-electron chi connectivity index (χ0n) is 45.6. The molecular weight excluding hydrogens is 852 g/mol. The van der Waals surface area contributed by atoms with Gasteiger partial charge in [-0.05, 0) is 38.5 Å². The van der Waals surface area contributed by atoms with Crippen LogP contribution in [0.4, 0.5) is 0 Å². The summed E-state index contributed by atoms with van der Waals surface area (Å²) in [5.41, 5.74) is 0. The molecule has 0 spiro atoms. The van der Waals surface area contributed by atoms with Gasteiger partial charge in [-0.3, -0.25) is 9.36 Å². The number of rotatable bonds is 55.